The van der Waals surface area contributed by atoms with Gasteiger partial charge >= 0.3 is 5.97 Å². The van der Waals surface area contributed by atoms with Crippen molar-refractivity contribution in [2.75, 3.05) is 12.4 Å². The molecule has 6 nitrogen and oxygen atoms in total. The van der Waals surface area contributed by atoms with E-state index in [9.17, 15) is 9.59 Å². The van der Waals surface area contributed by atoms with E-state index in [1.54, 1.807) is 24.4 Å². The van der Waals surface area contributed by atoms with Crippen molar-refractivity contribution in [3.8, 4) is 0 Å². The highest BCUT2D eigenvalue weighted by atomic mass is 16.5. The molecular weight excluding hydrogens is 330 g/mol. The first-order valence-electron chi connectivity index (χ1n) is 8.88. The standard InChI is InChI=1S/C20H23N3O3/c1-26-20(25)14-10-11-17(23-18-9-5-6-12-21-18)16(13-14)19(24)22-15-7-3-2-4-8-15/h5-6,9-13,15H,2-4,7-8H2,1H3,(H,21,23)(H,22,24). The second kappa shape index (κ2) is 8.47. The summed E-state index contributed by atoms with van der Waals surface area (Å²) in [4.78, 5) is 29.0. The lowest BCUT2D eigenvalue weighted by Crippen LogP contribution is -2.36. The molecule has 1 fully saturated rings. The Morgan fingerprint density at radius 1 is 1.12 bits per heavy atom. The van der Waals surface area contributed by atoms with Gasteiger partial charge in [0.25, 0.3) is 5.91 Å². The molecule has 1 aliphatic rings. The summed E-state index contributed by atoms with van der Waals surface area (Å²) in [6, 6.07) is 10.6. The van der Waals surface area contributed by atoms with Gasteiger partial charge in [-0.1, -0.05) is 25.3 Å². The minimum absolute atomic E-state index is 0.181. The van der Waals surface area contributed by atoms with Crippen LogP contribution in [0.4, 0.5) is 11.5 Å². The van der Waals surface area contributed by atoms with E-state index in [-0.39, 0.29) is 11.9 Å². The van der Waals surface area contributed by atoms with Crippen LogP contribution in [0.25, 0.3) is 0 Å². The number of nitrogens with one attached hydrogen (secondary N) is 2. The molecule has 0 spiro atoms. The third-order valence-corrected chi connectivity index (χ3v) is 4.55. The van der Waals surface area contributed by atoms with Crippen LogP contribution in [0, 0.1) is 0 Å². The van der Waals surface area contributed by atoms with E-state index in [4.69, 9.17) is 4.74 Å². The third kappa shape index (κ3) is 4.39. The van der Waals surface area contributed by atoms with E-state index in [2.05, 4.69) is 15.6 Å². The number of nitrogens with zero attached hydrogens (tertiary/aromatic N) is 1. The number of pyridine rings is 1. The molecule has 3 rings (SSSR count). The zero-order chi connectivity index (χ0) is 18.4. The molecule has 0 saturated heterocycles. The summed E-state index contributed by atoms with van der Waals surface area (Å²) >= 11 is 0. The molecule has 0 unspecified atom stereocenters. The van der Waals surface area contributed by atoms with Gasteiger partial charge in [-0.15, -0.1) is 0 Å². The summed E-state index contributed by atoms with van der Waals surface area (Å²) < 4.78 is 4.78. The lowest BCUT2D eigenvalue weighted by Gasteiger charge is -2.23. The van der Waals surface area contributed by atoms with Gasteiger partial charge in [0, 0.05) is 12.2 Å². The summed E-state index contributed by atoms with van der Waals surface area (Å²) in [5.74, 6) is -0.0350. The van der Waals surface area contributed by atoms with Crippen molar-refractivity contribution in [3.05, 3.63) is 53.7 Å². The molecule has 0 radical (unpaired) electrons. The first kappa shape index (κ1) is 17.9. The van der Waals surface area contributed by atoms with E-state index in [0.717, 1.165) is 25.7 Å². The summed E-state index contributed by atoms with van der Waals surface area (Å²) in [5, 5.41) is 6.24. The molecule has 1 amide bonds. The van der Waals surface area contributed by atoms with Gasteiger partial charge in [0.15, 0.2) is 0 Å². The Hall–Kier alpha value is -2.89. The molecule has 0 bridgehead atoms. The lowest BCUT2D eigenvalue weighted by atomic mass is 9.95. The van der Waals surface area contributed by atoms with E-state index in [1.807, 2.05) is 18.2 Å². The van der Waals surface area contributed by atoms with Crippen LogP contribution in [0.1, 0.15) is 52.8 Å². The van der Waals surface area contributed by atoms with Crippen LogP contribution in [0.15, 0.2) is 42.6 Å². The zero-order valence-electron chi connectivity index (χ0n) is 14.8. The van der Waals surface area contributed by atoms with Gasteiger partial charge < -0.3 is 15.4 Å². The Kier molecular flexibility index (Phi) is 5.84. The molecule has 1 aromatic heterocycles. The molecule has 1 heterocycles. The summed E-state index contributed by atoms with van der Waals surface area (Å²) in [7, 11) is 1.32. The number of hydrogen-bond donors (Lipinski definition) is 2. The molecular formula is C20H23N3O3. The number of anilines is 2. The van der Waals surface area contributed by atoms with E-state index in [1.165, 1.54) is 13.5 Å². The highest BCUT2D eigenvalue weighted by molar-refractivity contribution is 6.03. The molecule has 1 aromatic carbocycles. The molecule has 136 valence electrons. The average molecular weight is 353 g/mol. The quantitative estimate of drug-likeness (QED) is 0.802. The SMILES string of the molecule is COC(=O)c1ccc(Nc2ccccn2)c(C(=O)NC2CCCCC2)c1. The topological polar surface area (TPSA) is 80.3 Å². The van der Waals surface area contributed by atoms with E-state index >= 15 is 0 Å². The predicted octanol–water partition coefficient (Wildman–Crippen LogP) is 3.67. The van der Waals surface area contributed by atoms with Crippen LogP contribution in [0.3, 0.4) is 0 Å². The van der Waals surface area contributed by atoms with Crippen LogP contribution in [-0.2, 0) is 4.74 Å². The highest BCUT2D eigenvalue weighted by Crippen LogP contribution is 2.23. The van der Waals surface area contributed by atoms with Gasteiger partial charge in [0.2, 0.25) is 0 Å². The van der Waals surface area contributed by atoms with Crippen LogP contribution in [-0.4, -0.2) is 30.0 Å². The van der Waals surface area contributed by atoms with Crippen molar-refractivity contribution < 1.29 is 14.3 Å². The number of methoxy groups -OCH3 is 1. The maximum atomic E-state index is 12.9. The average Bonchev–Trinajstić information content (AvgIpc) is 2.69. The normalized spacial score (nSPS) is 14.5. The van der Waals surface area contributed by atoms with E-state index in [0.29, 0.717) is 22.6 Å². The Morgan fingerprint density at radius 3 is 2.62 bits per heavy atom. The number of rotatable bonds is 5. The third-order valence-electron chi connectivity index (χ3n) is 4.55. The second-order valence-corrected chi connectivity index (χ2v) is 6.40. The monoisotopic (exact) mass is 353 g/mol. The fourth-order valence-electron chi connectivity index (χ4n) is 3.17. The smallest absolute Gasteiger partial charge is 0.337 e. The molecule has 26 heavy (non-hydrogen) atoms. The Balaban J connectivity index is 1.87. The summed E-state index contributed by atoms with van der Waals surface area (Å²) in [5.41, 5.74) is 1.35. The number of benzene rings is 1. The maximum absolute atomic E-state index is 12.9. The Labute approximate surface area is 153 Å². The van der Waals surface area contributed by atoms with Gasteiger partial charge in [0.05, 0.1) is 23.9 Å². The number of carbonyl (C=O) groups excluding carboxylic acids is 2. The van der Waals surface area contributed by atoms with Crippen LogP contribution in [0.5, 0.6) is 0 Å². The summed E-state index contributed by atoms with van der Waals surface area (Å²) in [6.45, 7) is 0. The molecule has 1 aliphatic carbocycles. The number of carbonyl (C=O) groups is 2. The predicted molar refractivity (Wildman–Crippen MR) is 99.6 cm³/mol. The van der Waals surface area contributed by atoms with Crippen LogP contribution < -0.4 is 10.6 Å². The van der Waals surface area contributed by atoms with Crippen molar-refractivity contribution in [1.82, 2.24) is 10.3 Å². The van der Waals surface area contributed by atoms with Crippen molar-refractivity contribution >= 4 is 23.4 Å². The fraction of sp³-hybridized carbons (Fsp3) is 0.350. The molecule has 2 N–H and O–H groups in total. The molecule has 2 aromatic rings. The van der Waals surface area contributed by atoms with Crippen LogP contribution >= 0.6 is 0 Å². The van der Waals surface area contributed by atoms with Crippen molar-refractivity contribution in [3.63, 3.8) is 0 Å². The Morgan fingerprint density at radius 2 is 1.92 bits per heavy atom. The second-order valence-electron chi connectivity index (χ2n) is 6.40. The maximum Gasteiger partial charge on any atom is 0.337 e. The minimum Gasteiger partial charge on any atom is -0.465 e. The first-order valence-corrected chi connectivity index (χ1v) is 8.88. The number of aromatic nitrogens is 1. The van der Waals surface area contributed by atoms with E-state index < -0.39 is 5.97 Å². The van der Waals surface area contributed by atoms with Gasteiger partial charge in [0.1, 0.15) is 5.82 Å². The van der Waals surface area contributed by atoms with Gasteiger partial charge in [-0.3, -0.25) is 4.79 Å². The largest absolute Gasteiger partial charge is 0.465 e. The van der Waals surface area contributed by atoms with Crippen LogP contribution in [0.2, 0.25) is 0 Å². The number of amides is 1. The van der Waals surface area contributed by atoms with Crippen molar-refractivity contribution in [2.24, 2.45) is 0 Å². The molecule has 0 aliphatic heterocycles. The van der Waals surface area contributed by atoms with Gasteiger partial charge in [-0.25, -0.2) is 9.78 Å². The first-order chi connectivity index (χ1) is 12.7. The van der Waals surface area contributed by atoms with Crippen molar-refractivity contribution in [2.45, 2.75) is 38.1 Å². The molecule has 6 heteroatoms. The minimum atomic E-state index is -0.471. The zero-order valence-corrected chi connectivity index (χ0v) is 14.8. The lowest BCUT2D eigenvalue weighted by molar-refractivity contribution is 0.0600. The summed E-state index contributed by atoms with van der Waals surface area (Å²) in [6.07, 6.45) is 7.14. The number of hydrogen-bond acceptors (Lipinski definition) is 5. The molecule has 1 saturated carbocycles. The molecule has 0 atom stereocenters. The fourth-order valence-corrected chi connectivity index (χ4v) is 3.17. The Bertz CT molecular complexity index is 771. The number of ether oxygens (including phenoxy) is 1. The van der Waals surface area contributed by atoms with Gasteiger partial charge in [-0.2, -0.15) is 0 Å². The number of esters is 1. The van der Waals surface area contributed by atoms with Crippen molar-refractivity contribution in [1.29, 1.82) is 0 Å². The highest BCUT2D eigenvalue weighted by Gasteiger charge is 2.20. The van der Waals surface area contributed by atoms with Gasteiger partial charge in [-0.05, 0) is 43.2 Å².